The molecule has 0 saturated carbocycles. The number of fused-ring (bicyclic) bond motifs is 1. The Labute approximate surface area is 127 Å². The molecule has 0 fully saturated rings. The van der Waals surface area contributed by atoms with Crippen LogP contribution in [0.25, 0.3) is 0 Å². The molecule has 118 valence electrons. The number of aromatic nitrogens is 1. The molecule has 0 saturated heterocycles. The van der Waals surface area contributed by atoms with Gasteiger partial charge in [-0.05, 0) is 51.6 Å². The molecule has 1 aliphatic carbocycles. The summed E-state index contributed by atoms with van der Waals surface area (Å²) < 4.78 is 7.43. The molecule has 0 aromatic carbocycles. The smallest absolute Gasteiger partial charge is 0.250 e. The fraction of sp³-hybridized carbons (Fsp3) is 0.706. The highest BCUT2D eigenvalue weighted by Gasteiger charge is 2.23. The Morgan fingerprint density at radius 2 is 2.19 bits per heavy atom. The average Bonchev–Trinajstić information content (AvgIpc) is 2.46. The first-order valence-corrected chi connectivity index (χ1v) is 7.99. The van der Waals surface area contributed by atoms with Crippen LogP contribution in [-0.4, -0.2) is 23.8 Å². The van der Waals surface area contributed by atoms with Gasteiger partial charge >= 0.3 is 0 Å². The van der Waals surface area contributed by atoms with E-state index >= 15 is 0 Å². The first kappa shape index (κ1) is 16.2. The van der Waals surface area contributed by atoms with Crippen LogP contribution in [0.3, 0.4) is 0 Å². The molecule has 1 aromatic rings. The Balaban J connectivity index is 2.29. The van der Waals surface area contributed by atoms with Crippen LogP contribution in [-0.2, 0) is 17.7 Å². The molecule has 21 heavy (non-hydrogen) atoms. The number of nitrogens with one attached hydrogen (secondary N) is 1. The quantitative estimate of drug-likeness (QED) is 0.876. The van der Waals surface area contributed by atoms with Crippen molar-refractivity contribution in [2.24, 2.45) is 0 Å². The van der Waals surface area contributed by atoms with Gasteiger partial charge in [-0.15, -0.1) is 0 Å². The van der Waals surface area contributed by atoms with Gasteiger partial charge in [0.25, 0.3) is 5.56 Å². The fourth-order valence-corrected chi connectivity index (χ4v) is 3.05. The van der Waals surface area contributed by atoms with Gasteiger partial charge in [0.15, 0.2) is 0 Å². The van der Waals surface area contributed by atoms with Gasteiger partial charge in [0.2, 0.25) is 0 Å². The van der Waals surface area contributed by atoms with E-state index in [1.54, 1.807) is 13.2 Å². The number of ether oxygens (including phenoxy) is 1. The van der Waals surface area contributed by atoms with Crippen LogP contribution in [0.4, 0.5) is 0 Å². The molecule has 0 spiro atoms. The third-order valence-corrected chi connectivity index (χ3v) is 4.55. The van der Waals surface area contributed by atoms with Gasteiger partial charge in [0.05, 0.1) is 5.60 Å². The van der Waals surface area contributed by atoms with E-state index in [4.69, 9.17) is 4.74 Å². The minimum atomic E-state index is -0.197. The minimum absolute atomic E-state index is 0.109. The van der Waals surface area contributed by atoms with Gasteiger partial charge in [-0.1, -0.05) is 13.0 Å². The Morgan fingerprint density at radius 3 is 2.86 bits per heavy atom. The Hall–Kier alpha value is -1.13. The van der Waals surface area contributed by atoms with Gasteiger partial charge in [-0.3, -0.25) is 4.79 Å². The second kappa shape index (κ2) is 6.75. The van der Waals surface area contributed by atoms with Crippen molar-refractivity contribution in [2.45, 2.75) is 64.6 Å². The SMILES string of the molecule is CCNC1CCCc2c1ccc(=O)n2CCC(C)(C)OC. The van der Waals surface area contributed by atoms with Gasteiger partial charge in [-0.2, -0.15) is 0 Å². The number of hydrogen-bond acceptors (Lipinski definition) is 3. The molecule has 0 bridgehead atoms. The van der Waals surface area contributed by atoms with E-state index in [1.165, 1.54) is 11.3 Å². The zero-order valence-electron chi connectivity index (χ0n) is 13.7. The highest BCUT2D eigenvalue weighted by atomic mass is 16.5. The third kappa shape index (κ3) is 3.74. The van der Waals surface area contributed by atoms with Crippen LogP contribution >= 0.6 is 0 Å². The van der Waals surface area contributed by atoms with Crippen LogP contribution in [0.5, 0.6) is 0 Å². The first-order chi connectivity index (χ1) is 9.98. The zero-order valence-corrected chi connectivity index (χ0v) is 13.7. The van der Waals surface area contributed by atoms with Crippen molar-refractivity contribution in [1.29, 1.82) is 0 Å². The lowest BCUT2D eigenvalue weighted by Gasteiger charge is -2.30. The number of rotatable bonds is 6. The molecule has 1 heterocycles. The van der Waals surface area contributed by atoms with Gasteiger partial charge in [-0.25, -0.2) is 0 Å². The van der Waals surface area contributed by atoms with E-state index in [2.05, 4.69) is 26.1 Å². The van der Waals surface area contributed by atoms with Crippen molar-refractivity contribution in [3.05, 3.63) is 33.7 Å². The highest BCUT2D eigenvalue weighted by molar-refractivity contribution is 5.27. The monoisotopic (exact) mass is 292 g/mol. The van der Waals surface area contributed by atoms with Crippen molar-refractivity contribution in [3.63, 3.8) is 0 Å². The summed E-state index contributed by atoms with van der Waals surface area (Å²) in [4.78, 5) is 12.3. The normalized spacial score (nSPS) is 18.6. The molecule has 1 aliphatic rings. The average molecular weight is 292 g/mol. The summed E-state index contributed by atoms with van der Waals surface area (Å²) in [5.41, 5.74) is 2.43. The highest BCUT2D eigenvalue weighted by Crippen LogP contribution is 2.29. The standard InChI is InChI=1S/C17H28N2O2/c1-5-18-14-7-6-8-15-13(14)9-10-16(20)19(15)12-11-17(2,3)21-4/h9-10,14,18H,5-8,11-12H2,1-4H3. The lowest BCUT2D eigenvalue weighted by Crippen LogP contribution is -2.34. The van der Waals surface area contributed by atoms with Crippen molar-refractivity contribution in [3.8, 4) is 0 Å². The summed E-state index contributed by atoms with van der Waals surface area (Å²) in [5, 5.41) is 3.53. The number of pyridine rings is 1. The minimum Gasteiger partial charge on any atom is -0.379 e. The third-order valence-electron chi connectivity index (χ3n) is 4.55. The molecule has 2 rings (SSSR count). The molecule has 1 unspecified atom stereocenters. The van der Waals surface area contributed by atoms with Gasteiger partial charge < -0.3 is 14.6 Å². The number of hydrogen-bond donors (Lipinski definition) is 1. The fourth-order valence-electron chi connectivity index (χ4n) is 3.05. The summed E-state index contributed by atoms with van der Waals surface area (Å²) in [6, 6.07) is 4.12. The van der Waals surface area contributed by atoms with E-state index in [1.807, 2.05) is 10.6 Å². The molecule has 1 aromatic heterocycles. The molecular weight excluding hydrogens is 264 g/mol. The van der Waals surface area contributed by atoms with E-state index in [9.17, 15) is 4.79 Å². The predicted molar refractivity (Wildman–Crippen MR) is 85.8 cm³/mol. The van der Waals surface area contributed by atoms with Crippen molar-refractivity contribution >= 4 is 0 Å². The van der Waals surface area contributed by atoms with Crippen LogP contribution in [0.2, 0.25) is 0 Å². The van der Waals surface area contributed by atoms with Crippen molar-refractivity contribution < 1.29 is 4.74 Å². The molecule has 0 amide bonds. The lowest BCUT2D eigenvalue weighted by atomic mass is 9.90. The molecule has 1 N–H and O–H groups in total. The second-order valence-electron chi connectivity index (χ2n) is 6.44. The number of methoxy groups -OCH3 is 1. The zero-order chi connectivity index (χ0) is 15.5. The van der Waals surface area contributed by atoms with E-state index in [-0.39, 0.29) is 11.2 Å². The lowest BCUT2D eigenvalue weighted by molar-refractivity contribution is 0.0116. The van der Waals surface area contributed by atoms with Crippen molar-refractivity contribution in [2.75, 3.05) is 13.7 Å². The molecule has 4 heteroatoms. The molecule has 1 atom stereocenters. The van der Waals surface area contributed by atoms with Gasteiger partial charge in [0, 0.05) is 31.5 Å². The Kier molecular flexibility index (Phi) is 5.22. The topological polar surface area (TPSA) is 43.3 Å². The van der Waals surface area contributed by atoms with Crippen LogP contribution < -0.4 is 10.9 Å². The second-order valence-corrected chi connectivity index (χ2v) is 6.44. The summed E-state index contributed by atoms with van der Waals surface area (Å²) in [5.74, 6) is 0. The Bertz CT molecular complexity index is 534. The molecule has 0 aliphatic heterocycles. The molecule has 4 nitrogen and oxygen atoms in total. The molecule has 0 radical (unpaired) electrons. The maximum atomic E-state index is 12.3. The maximum absolute atomic E-state index is 12.3. The van der Waals surface area contributed by atoms with E-state index < -0.39 is 0 Å². The first-order valence-electron chi connectivity index (χ1n) is 7.99. The Morgan fingerprint density at radius 1 is 1.43 bits per heavy atom. The van der Waals surface area contributed by atoms with Crippen molar-refractivity contribution in [1.82, 2.24) is 9.88 Å². The summed E-state index contributed by atoms with van der Waals surface area (Å²) in [6.07, 6.45) is 4.14. The summed E-state index contributed by atoms with van der Waals surface area (Å²) in [7, 11) is 1.73. The largest absolute Gasteiger partial charge is 0.379 e. The predicted octanol–water partition coefficient (Wildman–Crippen LogP) is 2.65. The summed E-state index contributed by atoms with van der Waals surface area (Å²) >= 11 is 0. The summed E-state index contributed by atoms with van der Waals surface area (Å²) in [6.45, 7) is 7.94. The van der Waals surface area contributed by atoms with E-state index in [0.717, 1.165) is 38.8 Å². The van der Waals surface area contributed by atoms with Gasteiger partial charge in [0.1, 0.15) is 0 Å². The van der Waals surface area contributed by atoms with Crippen LogP contribution in [0.15, 0.2) is 16.9 Å². The van der Waals surface area contributed by atoms with E-state index in [0.29, 0.717) is 6.04 Å². The molecular formula is C17H28N2O2. The van der Waals surface area contributed by atoms with Crippen LogP contribution in [0, 0.1) is 0 Å². The van der Waals surface area contributed by atoms with Crippen LogP contribution in [0.1, 0.15) is 57.3 Å². The number of nitrogens with zero attached hydrogens (tertiary/aromatic N) is 1. The maximum Gasteiger partial charge on any atom is 0.250 e.